The Morgan fingerprint density at radius 3 is 2.29 bits per heavy atom. The molecule has 0 aliphatic carbocycles. The molecule has 0 spiro atoms. The zero-order valence-electron chi connectivity index (χ0n) is 16.5. The Morgan fingerprint density at radius 1 is 1.00 bits per heavy atom. The molecular weight excluding hydrogens is 402 g/mol. The lowest BCUT2D eigenvalue weighted by molar-refractivity contribution is -0.139. The van der Waals surface area contributed by atoms with Gasteiger partial charge in [0.05, 0.1) is 6.42 Å². The number of carbonyl (C=O) groups is 3. The number of carboxylic acids is 1. The van der Waals surface area contributed by atoms with Gasteiger partial charge in [-0.25, -0.2) is 9.48 Å². The number of Topliss-reactive ketones (excluding diaryl/α,β-unsaturated/α-hetero) is 1. The third kappa shape index (κ3) is 6.74. The van der Waals surface area contributed by atoms with Crippen LogP contribution < -0.4 is 5.32 Å². The molecule has 0 bridgehead atoms. The van der Waals surface area contributed by atoms with Gasteiger partial charge >= 0.3 is 12.1 Å². The third-order valence-corrected chi connectivity index (χ3v) is 4.39. The van der Waals surface area contributed by atoms with E-state index >= 15 is 0 Å². The first kappa shape index (κ1) is 21.6. The van der Waals surface area contributed by atoms with Crippen LogP contribution in [0.4, 0.5) is 4.79 Å². The minimum absolute atomic E-state index is 0.00508. The molecule has 160 valence electrons. The minimum Gasteiger partial charge on any atom is -0.481 e. The molecule has 0 fully saturated rings. The number of benzene rings is 2. The van der Waals surface area contributed by atoms with Gasteiger partial charge in [-0.1, -0.05) is 60.7 Å². The average molecular weight is 423 g/mol. The van der Waals surface area contributed by atoms with Crippen molar-refractivity contribution < 1.29 is 24.2 Å². The van der Waals surface area contributed by atoms with Gasteiger partial charge in [-0.05, 0) is 21.6 Å². The van der Waals surface area contributed by atoms with E-state index in [9.17, 15) is 14.4 Å². The van der Waals surface area contributed by atoms with Gasteiger partial charge in [-0.15, -0.1) is 5.10 Å². The molecule has 3 rings (SSSR count). The molecule has 2 N–H and O–H groups in total. The molecule has 1 atom stereocenters. The molecule has 0 saturated carbocycles. The number of nitrogens with zero attached hydrogens (tertiary/aromatic N) is 4. The van der Waals surface area contributed by atoms with Gasteiger partial charge in [0, 0.05) is 6.42 Å². The van der Waals surface area contributed by atoms with Crippen LogP contribution in [0.5, 0.6) is 0 Å². The SMILES string of the molecule is O=C(O)CC(NC(=O)OCc1ccccc1)C(=O)Cn1nnnc1Cc1ccccc1. The lowest BCUT2D eigenvalue weighted by Crippen LogP contribution is -2.44. The number of aliphatic carboxylic acids is 1. The van der Waals surface area contributed by atoms with Crippen molar-refractivity contribution in [3.8, 4) is 0 Å². The molecule has 1 heterocycles. The molecule has 2 aromatic carbocycles. The first-order valence-corrected chi connectivity index (χ1v) is 9.52. The number of rotatable bonds is 10. The Bertz CT molecular complexity index is 1020. The summed E-state index contributed by atoms with van der Waals surface area (Å²) in [6.45, 7) is -0.291. The number of hydrogen-bond acceptors (Lipinski definition) is 7. The lowest BCUT2D eigenvalue weighted by Gasteiger charge is -2.16. The van der Waals surface area contributed by atoms with Crippen LogP contribution in [0.1, 0.15) is 23.4 Å². The van der Waals surface area contributed by atoms with Gasteiger partial charge in [0.25, 0.3) is 0 Å². The second kappa shape index (κ2) is 10.6. The predicted octanol–water partition coefficient (Wildman–Crippen LogP) is 1.60. The van der Waals surface area contributed by atoms with E-state index in [1.54, 1.807) is 24.3 Å². The minimum atomic E-state index is -1.28. The van der Waals surface area contributed by atoms with Crippen LogP contribution >= 0.6 is 0 Å². The Hall–Kier alpha value is -4.08. The van der Waals surface area contributed by atoms with Gasteiger partial charge in [-0.2, -0.15) is 0 Å². The lowest BCUT2D eigenvalue weighted by atomic mass is 10.1. The quantitative estimate of drug-likeness (QED) is 0.502. The fourth-order valence-corrected chi connectivity index (χ4v) is 2.84. The maximum atomic E-state index is 12.7. The number of nitrogens with one attached hydrogen (secondary N) is 1. The number of aromatic nitrogens is 4. The fourth-order valence-electron chi connectivity index (χ4n) is 2.84. The predicted molar refractivity (Wildman–Crippen MR) is 108 cm³/mol. The molecule has 31 heavy (non-hydrogen) atoms. The van der Waals surface area contributed by atoms with E-state index in [1.807, 2.05) is 36.4 Å². The van der Waals surface area contributed by atoms with E-state index in [-0.39, 0.29) is 13.2 Å². The standard InChI is InChI=1S/C21H21N5O5/c27-18(13-26-19(23-24-25-26)11-15-7-3-1-4-8-15)17(12-20(28)29)22-21(30)31-14-16-9-5-2-6-10-16/h1-10,17H,11-14H2,(H,22,30)(H,28,29). The number of ether oxygens (including phenoxy) is 1. The van der Waals surface area contributed by atoms with E-state index in [1.165, 1.54) is 4.68 Å². The molecule has 0 saturated heterocycles. The normalized spacial score (nSPS) is 11.5. The maximum absolute atomic E-state index is 12.7. The fraction of sp³-hybridized carbons (Fsp3) is 0.238. The second-order valence-electron chi connectivity index (χ2n) is 6.74. The largest absolute Gasteiger partial charge is 0.481 e. The number of carboxylic acid groups (broad SMARTS) is 1. The van der Waals surface area contributed by atoms with Crippen molar-refractivity contribution in [3.05, 3.63) is 77.6 Å². The van der Waals surface area contributed by atoms with Crippen molar-refractivity contribution in [2.75, 3.05) is 0 Å². The summed E-state index contributed by atoms with van der Waals surface area (Å²) in [5.74, 6) is -1.34. The number of amides is 1. The highest BCUT2D eigenvalue weighted by molar-refractivity contribution is 5.90. The third-order valence-electron chi connectivity index (χ3n) is 4.39. The van der Waals surface area contributed by atoms with Crippen molar-refractivity contribution in [2.45, 2.75) is 32.0 Å². The summed E-state index contributed by atoms with van der Waals surface area (Å²) in [6.07, 6.45) is -1.07. The number of tetrazole rings is 1. The molecule has 3 aromatic rings. The smallest absolute Gasteiger partial charge is 0.408 e. The first-order chi connectivity index (χ1) is 15.0. The highest BCUT2D eigenvalue weighted by Gasteiger charge is 2.26. The Balaban J connectivity index is 1.61. The van der Waals surface area contributed by atoms with Gasteiger partial charge in [0.15, 0.2) is 11.6 Å². The molecule has 10 nitrogen and oxygen atoms in total. The molecule has 0 aliphatic heterocycles. The summed E-state index contributed by atoms with van der Waals surface area (Å²) in [7, 11) is 0. The zero-order valence-corrected chi connectivity index (χ0v) is 16.5. The molecule has 0 radical (unpaired) electrons. The van der Waals surface area contributed by atoms with Crippen molar-refractivity contribution in [1.82, 2.24) is 25.5 Å². The van der Waals surface area contributed by atoms with Gasteiger partial charge in [0.1, 0.15) is 19.2 Å². The Kier molecular flexibility index (Phi) is 7.41. The summed E-state index contributed by atoms with van der Waals surface area (Å²) < 4.78 is 6.38. The van der Waals surface area contributed by atoms with Crippen molar-refractivity contribution >= 4 is 17.8 Å². The second-order valence-corrected chi connectivity index (χ2v) is 6.74. The molecule has 1 unspecified atom stereocenters. The van der Waals surface area contributed by atoms with Crippen LogP contribution in [0, 0.1) is 0 Å². The van der Waals surface area contributed by atoms with E-state index in [0.717, 1.165) is 11.1 Å². The highest BCUT2D eigenvalue weighted by atomic mass is 16.5. The maximum Gasteiger partial charge on any atom is 0.408 e. The van der Waals surface area contributed by atoms with Crippen molar-refractivity contribution in [1.29, 1.82) is 0 Å². The van der Waals surface area contributed by atoms with Crippen molar-refractivity contribution in [3.63, 3.8) is 0 Å². The summed E-state index contributed by atoms with van der Waals surface area (Å²) in [5, 5.41) is 22.8. The van der Waals surface area contributed by atoms with Crippen LogP contribution in [0.2, 0.25) is 0 Å². The van der Waals surface area contributed by atoms with E-state index < -0.39 is 30.3 Å². The number of ketones is 1. The highest BCUT2D eigenvalue weighted by Crippen LogP contribution is 2.07. The molecule has 10 heteroatoms. The van der Waals surface area contributed by atoms with Gasteiger partial charge in [-0.3, -0.25) is 9.59 Å². The van der Waals surface area contributed by atoms with Crippen LogP contribution in [0.3, 0.4) is 0 Å². The first-order valence-electron chi connectivity index (χ1n) is 9.52. The summed E-state index contributed by atoms with van der Waals surface area (Å²) in [4.78, 5) is 36.0. The summed E-state index contributed by atoms with van der Waals surface area (Å²) in [6, 6.07) is 17.1. The van der Waals surface area contributed by atoms with E-state index in [4.69, 9.17) is 9.84 Å². The van der Waals surface area contributed by atoms with Crippen LogP contribution in [-0.4, -0.2) is 49.2 Å². The molecular formula is C21H21N5O5. The average Bonchev–Trinajstić information content (AvgIpc) is 3.19. The van der Waals surface area contributed by atoms with Crippen LogP contribution in [-0.2, 0) is 33.9 Å². The number of alkyl carbamates (subject to hydrolysis) is 1. The Morgan fingerprint density at radius 2 is 1.65 bits per heavy atom. The van der Waals surface area contributed by atoms with Crippen LogP contribution in [0.25, 0.3) is 0 Å². The van der Waals surface area contributed by atoms with Crippen LogP contribution in [0.15, 0.2) is 60.7 Å². The molecule has 1 amide bonds. The van der Waals surface area contributed by atoms with Gasteiger partial charge in [0.2, 0.25) is 0 Å². The molecule has 0 aliphatic rings. The molecule has 1 aromatic heterocycles. The summed E-state index contributed by atoms with van der Waals surface area (Å²) >= 11 is 0. The topological polar surface area (TPSA) is 136 Å². The summed E-state index contributed by atoms with van der Waals surface area (Å²) in [5.41, 5.74) is 1.72. The number of carbonyl (C=O) groups excluding carboxylic acids is 2. The van der Waals surface area contributed by atoms with Crippen molar-refractivity contribution in [2.24, 2.45) is 0 Å². The number of hydrogen-bond donors (Lipinski definition) is 2. The van der Waals surface area contributed by atoms with E-state index in [2.05, 4.69) is 20.8 Å². The van der Waals surface area contributed by atoms with E-state index in [0.29, 0.717) is 12.2 Å². The Labute approximate surface area is 177 Å². The zero-order chi connectivity index (χ0) is 22.1. The van der Waals surface area contributed by atoms with Gasteiger partial charge < -0.3 is 15.2 Å². The monoisotopic (exact) mass is 423 g/mol.